The lowest BCUT2D eigenvalue weighted by Crippen LogP contribution is -2.47. The Labute approximate surface area is 108 Å². The second-order valence-electron chi connectivity index (χ2n) is 3.90. The van der Waals surface area contributed by atoms with E-state index in [0.717, 1.165) is 7.05 Å². The topological polar surface area (TPSA) is 107 Å². The number of carboxylic acids is 2. The number of rotatable bonds is 8. The summed E-state index contributed by atoms with van der Waals surface area (Å²) in [7, 11) is 1.11. The molecule has 0 saturated carbocycles. The van der Waals surface area contributed by atoms with Crippen LogP contribution in [0.25, 0.3) is 0 Å². The molecule has 0 rings (SSSR count). The molecule has 0 spiro atoms. The number of nitrogens with one attached hydrogen (secondary N) is 1. The quantitative estimate of drug-likeness (QED) is 0.604. The number of amides is 2. The van der Waals surface area contributed by atoms with Gasteiger partial charge in [-0.15, -0.1) is 0 Å². The maximum Gasteiger partial charge on any atom is 0.326 e. The van der Waals surface area contributed by atoms with Gasteiger partial charge in [0.2, 0.25) is 0 Å². The van der Waals surface area contributed by atoms with E-state index in [-0.39, 0.29) is 19.3 Å². The largest absolute Gasteiger partial charge is 0.481 e. The van der Waals surface area contributed by atoms with Crippen molar-refractivity contribution in [2.75, 3.05) is 13.6 Å². The highest BCUT2D eigenvalue weighted by Crippen LogP contribution is 2.03. The molecule has 0 heterocycles. The summed E-state index contributed by atoms with van der Waals surface area (Å²) in [4.78, 5) is 33.2. The van der Waals surface area contributed by atoms with Crippen molar-refractivity contribution in [2.45, 2.75) is 31.7 Å². The van der Waals surface area contributed by atoms with Crippen LogP contribution in [0.3, 0.4) is 0 Å². The lowest BCUT2D eigenvalue weighted by molar-refractivity contribution is -0.140. The van der Waals surface area contributed by atoms with Crippen molar-refractivity contribution >= 4 is 18.0 Å². The van der Waals surface area contributed by atoms with Crippen LogP contribution < -0.4 is 5.32 Å². The molecule has 0 aromatic heterocycles. The molecular formula is C10H16F2N2O5. The molecule has 0 saturated heterocycles. The fourth-order valence-corrected chi connectivity index (χ4v) is 1.26. The highest BCUT2D eigenvalue weighted by molar-refractivity contribution is 5.82. The number of carbonyl (C=O) groups is 3. The Kier molecular flexibility index (Phi) is 7.39. The zero-order valence-corrected chi connectivity index (χ0v) is 10.3. The first-order chi connectivity index (χ1) is 8.73. The van der Waals surface area contributed by atoms with E-state index in [1.165, 1.54) is 0 Å². The van der Waals surface area contributed by atoms with Gasteiger partial charge in [0.1, 0.15) is 6.04 Å². The summed E-state index contributed by atoms with van der Waals surface area (Å²) in [5.74, 6) is -2.42. The molecule has 2 amide bonds. The molecule has 0 aliphatic rings. The highest BCUT2D eigenvalue weighted by Gasteiger charge is 2.22. The van der Waals surface area contributed by atoms with E-state index >= 15 is 0 Å². The van der Waals surface area contributed by atoms with Crippen LogP contribution in [0.1, 0.15) is 19.3 Å². The maximum absolute atomic E-state index is 12.0. The third-order valence-corrected chi connectivity index (χ3v) is 2.24. The standard InChI is InChI=1S/C10H16F2N2O5/c1-14(5-7(11)12)10(19)13-6(9(17)18)3-2-4-8(15)16/h6-7H,2-5H2,1H3,(H,13,19)(H,15,16)(H,17,18)/t6-/m1/s1. The molecule has 0 aromatic rings. The van der Waals surface area contributed by atoms with Crippen LogP contribution in [0.5, 0.6) is 0 Å². The molecule has 3 N–H and O–H groups in total. The average molecular weight is 282 g/mol. The van der Waals surface area contributed by atoms with Crippen LogP contribution in [-0.4, -0.2) is 59.1 Å². The van der Waals surface area contributed by atoms with Crippen LogP contribution in [0.4, 0.5) is 13.6 Å². The summed E-state index contributed by atoms with van der Waals surface area (Å²) in [6.45, 7) is -0.812. The molecule has 19 heavy (non-hydrogen) atoms. The number of alkyl halides is 2. The zero-order chi connectivity index (χ0) is 15.0. The Morgan fingerprint density at radius 2 is 1.84 bits per heavy atom. The summed E-state index contributed by atoms with van der Waals surface area (Å²) in [5, 5.41) is 19.3. The lowest BCUT2D eigenvalue weighted by atomic mass is 10.1. The summed E-state index contributed by atoms with van der Waals surface area (Å²) in [5.41, 5.74) is 0. The zero-order valence-electron chi connectivity index (χ0n) is 10.3. The molecule has 0 radical (unpaired) electrons. The van der Waals surface area contributed by atoms with Crippen LogP contribution >= 0.6 is 0 Å². The number of halogens is 2. The smallest absolute Gasteiger partial charge is 0.326 e. The molecule has 7 nitrogen and oxygen atoms in total. The summed E-state index contributed by atoms with van der Waals surface area (Å²) in [6, 6.07) is -2.24. The molecule has 0 aromatic carbocycles. The maximum atomic E-state index is 12.0. The Morgan fingerprint density at radius 1 is 1.26 bits per heavy atom. The normalized spacial score (nSPS) is 12.0. The number of nitrogens with zero attached hydrogens (tertiary/aromatic N) is 1. The van der Waals surface area contributed by atoms with E-state index in [2.05, 4.69) is 5.32 Å². The van der Waals surface area contributed by atoms with Crippen molar-refractivity contribution in [1.82, 2.24) is 10.2 Å². The van der Waals surface area contributed by atoms with E-state index in [0.29, 0.717) is 4.90 Å². The monoisotopic (exact) mass is 282 g/mol. The number of carbonyl (C=O) groups excluding carboxylic acids is 1. The van der Waals surface area contributed by atoms with Crippen molar-refractivity contribution in [3.63, 3.8) is 0 Å². The summed E-state index contributed by atoms with van der Waals surface area (Å²) in [6.07, 6.45) is -2.97. The van der Waals surface area contributed by atoms with E-state index in [1.807, 2.05) is 0 Å². The summed E-state index contributed by atoms with van der Waals surface area (Å²) >= 11 is 0. The number of carboxylic acid groups (broad SMARTS) is 2. The first-order valence-corrected chi connectivity index (χ1v) is 5.48. The van der Waals surface area contributed by atoms with E-state index in [4.69, 9.17) is 10.2 Å². The van der Waals surface area contributed by atoms with Gasteiger partial charge in [0.05, 0.1) is 6.54 Å². The number of urea groups is 1. The predicted molar refractivity (Wildman–Crippen MR) is 60.1 cm³/mol. The molecule has 0 fully saturated rings. The minimum atomic E-state index is -2.72. The van der Waals surface area contributed by atoms with Crippen molar-refractivity contribution in [1.29, 1.82) is 0 Å². The van der Waals surface area contributed by atoms with Gasteiger partial charge in [0.25, 0.3) is 6.43 Å². The van der Waals surface area contributed by atoms with Crippen LogP contribution in [0, 0.1) is 0 Å². The lowest BCUT2D eigenvalue weighted by Gasteiger charge is -2.20. The fourth-order valence-electron chi connectivity index (χ4n) is 1.26. The Bertz CT molecular complexity index is 338. The Hall–Kier alpha value is -1.93. The minimum absolute atomic E-state index is 0.0607. The van der Waals surface area contributed by atoms with Crippen molar-refractivity contribution in [3.05, 3.63) is 0 Å². The SMILES string of the molecule is CN(CC(F)F)C(=O)N[C@H](CCCC(=O)O)C(=O)O. The number of hydrogen-bond acceptors (Lipinski definition) is 3. The third-order valence-electron chi connectivity index (χ3n) is 2.24. The van der Waals surface area contributed by atoms with Gasteiger partial charge in [-0.3, -0.25) is 4.79 Å². The first kappa shape index (κ1) is 17.1. The average Bonchev–Trinajstić information content (AvgIpc) is 2.25. The Balaban J connectivity index is 4.29. The van der Waals surface area contributed by atoms with Gasteiger partial charge >= 0.3 is 18.0 Å². The molecule has 110 valence electrons. The van der Waals surface area contributed by atoms with Gasteiger partial charge in [0, 0.05) is 13.5 Å². The van der Waals surface area contributed by atoms with Gasteiger partial charge in [-0.05, 0) is 12.8 Å². The third kappa shape index (κ3) is 7.90. The van der Waals surface area contributed by atoms with Gasteiger partial charge in [-0.1, -0.05) is 0 Å². The molecule has 0 aliphatic carbocycles. The number of hydrogen-bond donors (Lipinski definition) is 3. The van der Waals surface area contributed by atoms with Crippen LogP contribution in [0.15, 0.2) is 0 Å². The van der Waals surface area contributed by atoms with Crippen molar-refractivity contribution in [2.24, 2.45) is 0 Å². The highest BCUT2D eigenvalue weighted by atomic mass is 19.3. The number of aliphatic carboxylic acids is 2. The Morgan fingerprint density at radius 3 is 2.26 bits per heavy atom. The van der Waals surface area contributed by atoms with E-state index in [9.17, 15) is 23.2 Å². The van der Waals surface area contributed by atoms with Crippen molar-refractivity contribution in [3.8, 4) is 0 Å². The van der Waals surface area contributed by atoms with Gasteiger partial charge in [-0.2, -0.15) is 0 Å². The van der Waals surface area contributed by atoms with Gasteiger partial charge < -0.3 is 20.4 Å². The molecule has 0 unspecified atom stereocenters. The molecule has 1 atom stereocenters. The van der Waals surface area contributed by atoms with Gasteiger partial charge in [0.15, 0.2) is 0 Å². The minimum Gasteiger partial charge on any atom is -0.481 e. The molecular weight excluding hydrogens is 266 g/mol. The van der Waals surface area contributed by atoms with E-state index < -0.39 is 37.0 Å². The van der Waals surface area contributed by atoms with Gasteiger partial charge in [-0.25, -0.2) is 18.4 Å². The second kappa shape index (κ2) is 8.22. The van der Waals surface area contributed by atoms with Crippen LogP contribution in [0.2, 0.25) is 0 Å². The van der Waals surface area contributed by atoms with Crippen LogP contribution in [-0.2, 0) is 9.59 Å². The molecule has 0 bridgehead atoms. The second-order valence-corrected chi connectivity index (χ2v) is 3.90. The fraction of sp³-hybridized carbons (Fsp3) is 0.700. The summed E-state index contributed by atoms with van der Waals surface area (Å²) < 4.78 is 24.1. The first-order valence-electron chi connectivity index (χ1n) is 5.48. The molecule has 0 aliphatic heterocycles. The predicted octanol–water partition coefficient (Wildman–Crippen LogP) is 0.601. The molecule has 9 heteroatoms. The van der Waals surface area contributed by atoms with E-state index in [1.54, 1.807) is 0 Å². The van der Waals surface area contributed by atoms with Crippen molar-refractivity contribution < 1.29 is 33.4 Å².